The highest BCUT2D eigenvalue weighted by atomic mass is 16.5. The number of nitrogens with two attached hydrogens (primary N) is 1. The smallest absolute Gasteiger partial charge is 0.374 e. The van der Waals surface area contributed by atoms with Gasteiger partial charge in [-0.05, 0) is 103 Å². The van der Waals surface area contributed by atoms with E-state index < -0.39 is 7.05 Å². The lowest BCUT2D eigenvalue weighted by Crippen LogP contribution is -2.37. The monoisotopic (exact) mass is 636 g/mol. The van der Waals surface area contributed by atoms with Gasteiger partial charge in [-0.3, -0.25) is 19.2 Å². The van der Waals surface area contributed by atoms with E-state index in [4.69, 9.17) is 20.2 Å². The first-order valence-corrected chi connectivity index (χ1v) is 14.8. The van der Waals surface area contributed by atoms with Crippen LogP contribution in [0.3, 0.4) is 0 Å². The van der Waals surface area contributed by atoms with Crippen LogP contribution in [0.1, 0.15) is 11.1 Å². The number of amides is 4. The number of anilines is 4. The Kier molecular flexibility index (Phi) is 10.5. The van der Waals surface area contributed by atoms with Gasteiger partial charge in [-0.15, -0.1) is 0 Å². The van der Waals surface area contributed by atoms with Crippen LogP contribution < -0.4 is 41.7 Å². The van der Waals surface area contributed by atoms with Gasteiger partial charge in [0.1, 0.15) is 23.0 Å². The van der Waals surface area contributed by atoms with Gasteiger partial charge in [0.15, 0.2) is 0 Å². The highest BCUT2D eigenvalue weighted by Crippen LogP contribution is 2.31. The van der Waals surface area contributed by atoms with Gasteiger partial charge in [0, 0.05) is 22.7 Å². The summed E-state index contributed by atoms with van der Waals surface area (Å²) in [7, 11) is -0.737. The van der Waals surface area contributed by atoms with E-state index in [1.165, 1.54) is 0 Å². The Hall–Kier alpha value is -5.70. The number of hydrogen-bond acceptors (Lipinski definition) is 9. The molecule has 13 nitrogen and oxygen atoms in total. The maximum atomic E-state index is 11.7. The lowest BCUT2D eigenvalue weighted by atomic mass is 9.89. The zero-order chi connectivity index (χ0) is 33.3. The van der Waals surface area contributed by atoms with Gasteiger partial charge in [-0.2, -0.15) is 0 Å². The van der Waals surface area contributed by atoms with Crippen LogP contribution >= 0.6 is 0 Å². The van der Waals surface area contributed by atoms with Crippen LogP contribution in [-0.4, -0.2) is 48.8 Å². The van der Waals surface area contributed by atoms with Crippen LogP contribution in [0.5, 0.6) is 23.0 Å². The summed E-state index contributed by atoms with van der Waals surface area (Å²) < 4.78 is 11.5. The molecule has 2 heterocycles. The van der Waals surface area contributed by atoms with Crippen molar-refractivity contribution in [1.82, 2.24) is 5.23 Å². The van der Waals surface area contributed by atoms with Gasteiger partial charge in [-0.25, -0.2) is 0 Å². The number of ether oxygens (including phenoxy) is 2. The summed E-state index contributed by atoms with van der Waals surface area (Å²) in [6.07, 6.45) is 0.731. The number of carbonyl (C=O) groups is 4. The molecule has 4 amide bonds. The third-order valence-electron chi connectivity index (χ3n) is 6.89. The second-order valence-corrected chi connectivity index (χ2v) is 10.7. The van der Waals surface area contributed by atoms with E-state index >= 15 is 0 Å². The molecule has 0 spiro atoms. The average Bonchev–Trinajstić information content (AvgIpc) is 3.61. The Labute approximate surface area is 271 Å². The zero-order valence-electron chi connectivity index (χ0n) is 25.5. The molecule has 0 aliphatic carbocycles. The standard InChI is InChI=1S/C17H18BN3O4.C16H15N3O3/c1-18(24)19-10-17(23)20-12-2-4-13(5-3-12)25-14-6-7-15-11(8-14)9-16(22)21-15;17-9-16(21)18-11-1-3-12(4-2-11)22-13-5-6-14-10(7-13)8-15(20)19-14/h2-8,19,24H,9-10H2,1H3,(H,20,23)(H,21,22);1-7H,8-9,17H2,(H,18,21)(H,19,20). The molecule has 0 fully saturated rings. The van der Waals surface area contributed by atoms with E-state index in [-0.39, 0.29) is 36.7 Å². The number of carbonyl (C=O) groups excluding carboxylic acids is 4. The topological polar surface area (TPSA) is 193 Å². The lowest BCUT2D eigenvalue weighted by Gasteiger charge is -2.09. The van der Waals surface area contributed by atoms with Gasteiger partial charge in [0.2, 0.25) is 23.6 Å². The normalized spacial score (nSPS) is 12.4. The van der Waals surface area contributed by atoms with Crippen LogP contribution in [0.25, 0.3) is 0 Å². The fraction of sp³-hybridized carbons (Fsp3) is 0.152. The van der Waals surface area contributed by atoms with Crippen molar-refractivity contribution in [3.8, 4) is 23.0 Å². The molecule has 0 radical (unpaired) electrons. The molecule has 2 aliphatic heterocycles. The molecule has 4 aromatic rings. The Morgan fingerprint density at radius 3 is 1.57 bits per heavy atom. The molecule has 0 unspecified atom stereocenters. The van der Waals surface area contributed by atoms with Crippen molar-refractivity contribution in [1.29, 1.82) is 0 Å². The molecule has 8 N–H and O–H groups in total. The minimum absolute atomic E-state index is 0.00727. The first-order valence-electron chi connectivity index (χ1n) is 14.8. The van der Waals surface area contributed by atoms with Gasteiger partial charge in [0.05, 0.1) is 25.9 Å². The van der Waals surface area contributed by atoms with E-state index in [2.05, 4.69) is 26.5 Å². The Morgan fingerprint density at radius 1 is 0.723 bits per heavy atom. The number of fused-ring (bicyclic) bond motifs is 2. The van der Waals surface area contributed by atoms with Crippen LogP contribution in [-0.2, 0) is 32.0 Å². The summed E-state index contributed by atoms with van der Waals surface area (Å²) in [5.74, 6) is 2.06. The van der Waals surface area contributed by atoms with E-state index in [9.17, 15) is 19.2 Å². The molecular weight excluding hydrogens is 603 g/mol. The Bertz CT molecular complexity index is 1780. The Balaban J connectivity index is 0.000000186. The average molecular weight is 636 g/mol. The molecule has 0 saturated heterocycles. The van der Waals surface area contributed by atoms with Gasteiger partial charge >= 0.3 is 7.05 Å². The van der Waals surface area contributed by atoms with E-state index in [1.54, 1.807) is 67.5 Å². The maximum absolute atomic E-state index is 11.7. The lowest BCUT2D eigenvalue weighted by molar-refractivity contribution is -0.116. The van der Waals surface area contributed by atoms with Crippen molar-refractivity contribution in [2.24, 2.45) is 5.73 Å². The second kappa shape index (κ2) is 15.1. The largest absolute Gasteiger partial charge is 0.457 e. The van der Waals surface area contributed by atoms with Gasteiger partial charge in [-0.1, -0.05) is 0 Å². The summed E-state index contributed by atoms with van der Waals surface area (Å²) in [5.41, 5.74) is 10.0. The quantitative estimate of drug-likeness (QED) is 0.128. The third-order valence-corrected chi connectivity index (χ3v) is 6.89. The van der Waals surface area contributed by atoms with Crippen LogP contribution in [0, 0.1) is 0 Å². The van der Waals surface area contributed by atoms with Crippen molar-refractivity contribution in [2.75, 3.05) is 34.4 Å². The number of nitrogens with one attached hydrogen (secondary N) is 5. The van der Waals surface area contributed by atoms with E-state index in [0.717, 1.165) is 22.5 Å². The van der Waals surface area contributed by atoms with Crippen molar-refractivity contribution in [3.63, 3.8) is 0 Å². The molecule has 0 bridgehead atoms. The first kappa shape index (κ1) is 32.7. The molecule has 240 valence electrons. The van der Waals surface area contributed by atoms with E-state index in [0.29, 0.717) is 47.2 Å². The van der Waals surface area contributed by atoms with Gasteiger partial charge in [0.25, 0.3) is 0 Å². The number of benzene rings is 4. The molecule has 14 heteroatoms. The first-order chi connectivity index (χ1) is 22.6. The third kappa shape index (κ3) is 9.40. The van der Waals surface area contributed by atoms with Gasteiger partial charge < -0.3 is 46.7 Å². The maximum Gasteiger partial charge on any atom is 0.374 e. The minimum Gasteiger partial charge on any atom is -0.457 e. The highest BCUT2D eigenvalue weighted by Gasteiger charge is 2.19. The van der Waals surface area contributed by atoms with Crippen LogP contribution in [0.4, 0.5) is 22.7 Å². The Morgan fingerprint density at radius 2 is 1.15 bits per heavy atom. The van der Waals surface area contributed by atoms with Crippen molar-refractivity contribution < 1.29 is 33.7 Å². The number of hydrogen-bond donors (Lipinski definition) is 7. The molecule has 6 rings (SSSR count). The summed E-state index contributed by atoms with van der Waals surface area (Å²) >= 11 is 0. The molecule has 2 aliphatic rings. The number of rotatable bonds is 10. The molecule has 4 aromatic carbocycles. The summed E-state index contributed by atoms with van der Waals surface area (Å²) in [6.45, 7) is 1.52. The SMILES string of the molecule is CB(O)NCC(=O)Nc1ccc(Oc2ccc3c(c2)CC(=O)N3)cc1.NCC(=O)Nc1ccc(Oc2ccc3c(c2)CC(=O)N3)cc1. The minimum atomic E-state index is -0.737. The predicted octanol–water partition coefficient (Wildman–Crippen LogP) is 3.48. The summed E-state index contributed by atoms with van der Waals surface area (Å²) in [4.78, 5) is 45.6. The predicted molar refractivity (Wildman–Crippen MR) is 179 cm³/mol. The molecule has 0 atom stereocenters. The van der Waals surface area contributed by atoms with Crippen molar-refractivity contribution in [2.45, 2.75) is 19.7 Å². The second-order valence-electron chi connectivity index (χ2n) is 10.7. The molecular formula is C33H33BN6O7. The summed E-state index contributed by atoms with van der Waals surface area (Å²) in [6, 6.07) is 24.8. The fourth-order valence-corrected chi connectivity index (χ4v) is 4.68. The van der Waals surface area contributed by atoms with Crippen LogP contribution in [0.15, 0.2) is 84.9 Å². The van der Waals surface area contributed by atoms with Crippen molar-refractivity contribution in [3.05, 3.63) is 96.1 Å². The zero-order valence-corrected chi connectivity index (χ0v) is 25.5. The van der Waals surface area contributed by atoms with Crippen LogP contribution in [0.2, 0.25) is 6.82 Å². The molecule has 47 heavy (non-hydrogen) atoms. The molecule has 0 aromatic heterocycles. The molecule has 0 saturated carbocycles. The fourth-order valence-electron chi connectivity index (χ4n) is 4.68. The van der Waals surface area contributed by atoms with E-state index in [1.807, 2.05) is 24.3 Å². The van der Waals surface area contributed by atoms with Crippen molar-refractivity contribution >= 4 is 53.4 Å². The summed E-state index contributed by atoms with van der Waals surface area (Å²) in [5, 5.41) is 22.6. The highest BCUT2D eigenvalue weighted by molar-refractivity contribution is 6.45.